The smallest absolute Gasteiger partial charge is 0.0101 e. The maximum absolute atomic E-state index is 3.58. The zero-order valence-corrected chi connectivity index (χ0v) is 13.6. The lowest BCUT2D eigenvalue weighted by Crippen LogP contribution is -2.19. The number of nitrogens with one attached hydrogen (secondary N) is 1. The molecule has 2 aromatic carbocycles. The number of hydrogen-bond donors (Lipinski definition) is 1. The Morgan fingerprint density at radius 1 is 0.857 bits per heavy atom. The molecule has 1 nitrogen and oxygen atoms in total. The second kappa shape index (κ2) is 9.64. The van der Waals surface area contributed by atoms with Crippen molar-refractivity contribution in [2.75, 3.05) is 25.1 Å². The number of benzene rings is 2. The van der Waals surface area contributed by atoms with Gasteiger partial charge in [-0.25, -0.2) is 0 Å². The molecule has 1 N–H and O–H groups in total. The van der Waals surface area contributed by atoms with E-state index in [0.29, 0.717) is 5.92 Å². The largest absolute Gasteiger partial charge is 0.317 e. The van der Waals surface area contributed by atoms with E-state index in [1.165, 1.54) is 23.3 Å². The average molecular weight is 299 g/mol. The van der Waals surface area contributed by atoms with Gasteiger partial charge in [0.05, 0.1) is 0 Å². The predicted octanol–water partition coefficient (Wildman–Crippen LogP) is 4.55. The van der Waals surface area contributed by atoms with E-state index in [1.54, 1.807) is 0 Å². The standard InChI is InChI=1S/C19H25NS/c1-21-16-8-14-20-15-13-19(17-9-4-2-5-10-17)18-11-6-3-7-12-18/h2-7,9-12,19-20H,8,13-16H2,1H3. The first kappa shape index (κ1) is 16.1. The second-order valence-corrected chi connectivity index (χ2v) is 6.24. The van der Waals surface area contributed by atoms with Crippen molar-refractivity contribution in [2.45, 2.75) is 18.8 Å². The Bertz CT molecular complexity index is 444. The lowest BCUT2D eigenvalue weighted by Gasteiger charge is -2.18. The highest BCUT2D eigenvalue weighted by Crippen LogP contribution is 2.27. The van der Waals surface area contributed by atoms with Crippen molar-refractivity contribution in [3.63, 3.8) is 0 Å². The van der Waals surface area contributed by atoms with E-state index in [-0.39, 0.29) is 0 Å². The molecule has 0 aromatic heterocycles. The van der Waals surface area contributed by atoms with Gasteiger partial charge in [-0.3, -0.25) is 0 Å². The second-order valence-electron chi connectivity index (χ2n) is 5.26. The van der Waals surface area contributed by atoms with Gasteiger partial charge >= 0.3 is 0 Å². The van der Waals surface area contributed by atoms with E-state index in [4.69, 9.17) is 0 Å². The topological polar surface area (TPSA) is 12.0 Å². The molecule has 0 aliphatic carbocycles. The van der Waals surface area contributed by atoms with Gasteiger partial charge in [-0.2, -0.15) is 11.8 Å². The Morgan fingerprint density at radius 3 is 1.95 bits per heavy atom. The van der Waals surface area contributed by atoms with Gasteiger partial charge < -0.3 is 5.32 Å². The van der Waals surface area contributed by atoms with Gasteiger partial charge in [0.15, 0.2) is 0 Å². The predicted molar refractivity (Wildman–Crippen MR) is 95.2 cm³/mol. The minimum absolute atomic E-state index is 0.487. The molecule has 0 radical (unpaired) electrons. The molecule has 0 aliphatic rings. The van der Waals surface area contributed by atoms with Gasteiger partial charge in [0, 0.05) is 5.92 Å². The van der Waals surface area contributed by atoms with Crippen LogP contribution in [0.15, 0.2) is 60.7 Å². The van der Waals surface area contributed by atoms with Crippen molar-refractivity contribution in [1.82, 2.24) is 5.32 Å². The highest BCUT2D eigenvalue weighted by molar-refractivity contribution is 7.98. The number of hydrogen-bond acceptors (Lipinski definition) is 2. The normalized spacial score (nSPS) is 11.0. The monoisotopic (exact) mass is 299 g/mol. The van der Waals surface area contributed by atoms with Crippen LogP contribution in [0.4, 0.5) is 0 Å². The van der Waals surface area contributed by atoms with E-state index < -0.39 is 0 Å². The molecular formula is C19H25NS. The third-order valence-corrected chi connectivity index (χ3v) is 4.41. The summed E-state index contributed by atoms with van der Waals surface area (Å²) < 4.78 is 0. The Kier molecular flexibility index (Phi) is 7.41. The molecule has 0 aliphatic heterocycles. The van der Waals surface area contributed by atoms with Gasteiger partial charge in [-0.05, 0) is 49.1 Å². The minimum Gasteiger partial charge on any atom is -0.317 e. The van der Waals surface area contributed by atoms with Gasteiger partial charge in [0.2, 0.25) is 0 Å². The molecule has 21 heavy (non-hydrogen) atoms. The Labute approximate surface area is 133 Å². The van der Waals surface area contributed by atoms with Crippen LogP contribution >= 0.6 is 11.8 Å². The van der Waals surface area contributed by atoms with Gasteiger partial charge in [-0.1, -0.05) is 60.7 Å². The van der Waals surface area contributed by atoms with E-state index in [2.05, 4.69) is 72.2 Å². The van der Waals surface area contributed by atoms with Crippen molar-refractivity contribution < 1.29 is 0 Å². The van der Waals surface area contributed by atoms with Crippen LogP contribution < -0.4 is 5.32 Å². The molecule has 2 rings (SSSR count). The molecular weight excluding hydrogens is 274 g/mol. The first-order valence-electron chi connectivity index (χ1n) is 7.71. The summed E-state index contributed by atoms with van der Waals surface area (Å²) >= 11 is 1.92. The van der Waals surface area contributed by atoms with Crippen LogP contribution in [0.3, 0.4) is 0 Å². The quantitative estimate of drug-likeness (QED) is 0.682. The molecule has 0 bridgehead atoms. The Hall–Kier alpha value is -1.25. The molecule has 0 atom stereocenters. The maximum atomic E-state index is 3.58. The summed E-state index contributed by atoms with van der Waals surface area (Å²) in [5.41, 5.74) is 2.82. The van der Waals surface area contributed by atoms with Crippen LogP contribution in [0.2, 0.25) is 0 Å². The van der Waals surface area contributed by atoms with Gasteiger partial charge in [-0.15, -0.1) is 0 Å². The van der Waals surface area contributed by atoms with Crippen LogP contribution in [0.25, 0.3) is 0 Å². The fourth-order valence-electron chi connectivity index (χ4n) is 2.61. The molecule has 0 heterocycles. The molecule has 0 unspecified atom stereocenters. The van der Waals surface area contributed by atoms with Crippen LogP contribution in [0, 0.1) is 0 Å². The average Bonchev–Trinajstić information content (AvgIpc) is 2.56. The first-order valence-corrected chi connectivity index (χ1v) is 9.10. The van der Waals surface area contributed by atoms with Crippen LogP contribution in [-0.2, 0) is 0 Å². The molecule has 112 valence electrons. The fraction of sp³-hybridized carbons (Fsp3) is 0.368. The summed E-state index contributed by atoms with van der Waals surface area (Å²) in [5.74, 6) is 1.73. The summed E-state index contributed by atoms with van der Waals surface area (Å²) in [4.78, 5) is 0. The maximum Gasteiger partial charge on any atom is 0.0101 e. The zero-order chi connectivity index (χ0) is 14.8. The third-order valence-electron chi connectivity index (χ3n) is 3.72. The summed E-state index contributed by atoms with van der Waals surface area (Å²) in [6.07, 6.45) is 4.57. The van der Waals surface area contributed by atoms with Crippen molar-refractivity contribution in [2.24, 2.45) is 0 Å². The molecule has 0 spiro atoms. The van der Waals surface area contributed by atoms with Crippen LogP contribution in [-0.4, -0.2) is 25.1 Å². The summed E-state index contributed by atoms with van der Waals surface area (Å²) in [5, 5.41) is 3.58. The summed E-state index contributed by atoms with van der Waals surface area (Å²) in [6, 6.07) is 21.7. The van der Waals surface area contributed by atoms with Gasteiger partial charge in [0.1, 0.15) is 0 Å². The highest BCUT2D eigenvalue weighted by atomic mass is 32.2. The van der Waals surface area contributed by atoms with E-state index in [9.17, 15) is 0 Å². The van der Waals surface area contributed by atoms with Crippen molar-refractivity contribution in [1.29, 1.82) is 0 Å². The lowest BCUT2D eigenvalue weighted by molar-refractivity contribution is 0.608. The Morgan fingerprint density at radius 2 is 1.43 bits per heavy atom. The van der Waals surface area contributed by atoms with Crippen LogP contribution in [0.1, 0.15) is 29.9 Å². The first-order chi connectivity index (χ1) is 10.4. The highest BCUT2D eigenvalue weighted by Gasteiger charge is 2.12. The third kappa shape index (κ3) is 5.56. The summed E-state index contributed by atoms with van der Waals surface area (Å²) in [7, 11) is 0. The molecule has 2 heteroatoms. The zero-order valence-electron chi connectivity index (χ0n) is 12.8. The Balaban J connectivity index is 1.94. The fourth-order valence-corrected chi connectivity index (χ4v) is 3.04. The van der Waals surface area contributed by atoms with Crippen LogP contribution in [0.5, 0.6) is 0 Å². The minimum atomic E-state index is 0.487. The van der Waals surface area contributed by atoms with E-state index in [1.807, 2.05) is 11.8 Å². The van der Waals surface area contributed by atoms with E-state index >= 15 is 0 Å². The molecule has 0 amide bonds. The lowest BCUT2D eigenvalue weighted by atomic mass is 9.88. The van der Waals surface area contributed by atoms with Crippen molar-refractivity contribution in [3.8, 4) is 0 Å². The molecule has 0 saturated heterocycles. The molecule has 2 aromatic rings. The number of rotatable bonds is 9. The molecule has 0 saturated carbocycles. The van der Waals surface area contributed by atoms with Crippen molar-refractivity contribution in [3.05, 3.63) is 71.8 Å². The van der Waals surface area contributed by atoms with Gasteiger partial charge in [0.25, 0.3) is 0 Å². The van der Waals surface area contributed by atoms with E-state index in [0.717, 1.165) is 19.5 Å². The SMILES string of the molecule is CSCCCNCCC(c1ccccc1)c1ccccc1. The summed E-state index contributed by atoms with van der Waals surface area (Å²) in [6.45, 7) is 2.19. The molecule has 0 fully saturated rings. The van der Waals surface area contributed by atoms with Crippen molar-refractivity contribution >= 4 is 11.8 Å². The number of thioether (sulfide) groups is 1.